The first-order valence-electron chi connectivity index (χ1n) is 11.3. The molecule has 1 aliphatic rings. The van der Waals surface area contributed by atoms with Gasteiger partial charge in [0.05, 0.1) is 0 Å². The fourth-order valence-electron chi connectivity index (χ4n) is 5.44. The van der Waals surface area contributed by atoms with E-state index in [-0.39, 0.29) is 49.0 Å². The molecule has 33 heavy (non-hydrogen) atoms. The molecule has 0 saturated carbocycles. The first kappa shape index (κ1) is 34.0. The van der Waals surface area contributed by atoms with Gasteiger partial charge in [0, 0.05) is 0 Å². The molecule has 0 saturated heterocycles. The number of aryl methyl sites for hydroxylation is 2. The van der Waals surface area contributed by atoms with Gasteiger partial charge in [0.1, 0.15) is 8.07 Å². The van der Waals surface area contributed by atoms with Gasteiger partial charge >= 0.3 is 21.7 Å². The van der Waals surface area contributed by atoms with Gasteiger partial charge in [0.15, 0.2) is 0 Å². The van der Waals surface area contributed by atoms with Crippen molar-refractivity contribution in [2.75, 3.05) is 0 Å². The molecule has 2 atom stereocenters. The topological polar surface area (TPSA) is 0 Å². The molecule has 2 aromatic rings. The van der Waals surface area contributed by atoms with E-state index in [0.717, 1.165) is 12.8 Å². The predicted octanol–water partition coefficient (Wildman–Crippen LogP) is 7.99. The van der Waals surface area contributed by atoms with Crippen LogP contribution in [0.15, 0.2) is 65.3 Å². The summed E-state index contributed by atoms with van der Waals surface area (Å²) in [4.78, 5) is 0. The van der Waals surface area contributed by atoms with Crippen LogP contribution < -0.4 is 10.4 Å². The quantitative estimate of drug-likeness (QED) is 0.270. The molecular formula is C31H46SiTi. The van der Waals surface area contributed by atoms with Gasteiger partial charge in [0.25, 0.3) is 0 Å². The number of rotatable bonds is 7. The fraction of sp³-hybridized carbons (Fsp3) is 0.387. The number of benzene rings is 2. The van der Waals surface area contributed by atoms with E-state index in [1.807, 2.05) is 0 Å². The first-order chi connectivity index (χ1) is 13.8. The summed E-state index contributed by atoms with van der Waals surface area (Å²) in [6, 6.07) is 20.2. The first-order valence-corrected chi connectivity index (χ1v) is 13.5. The van der Waals surface area contributed by atoms with Gasteiger partial charge in [0.2, 0.25) is 0 Å². The second-order valence-corrected chi connectivity index (χ2v) is 13.4. The Hall–Kier alpha value is -1.15. The second kappa shape index (κ2) is 13.7. The van der Waals surface area contributed by atoms with Crippen LogP contribution in [0.1, 0.15) is 66.0 Å². The predicted molar refractivity (Wildman–Crippen MR) is 150 cm³/mol. The molecule has 0 radical (unpaired) electrons. The second-order valence-electron chi connectivity index (χ2n) is 8.89. The Morgan fingerprint density at radius 1 is 0.788 bits per heavy atom. The van der Waals surface area contributed by atoms with Crippen molar-refractivity contribution in [3.05, 3.63) is 105 Å². The van der Waals surface area contributed by atoms with Crippen molar-refractivity contribution in [3.8, 4) is 0 Å². The van der Waals surface area contributed by atoms with E-state index in [4.69, 9.17) is 0 Å². The Kier molecular flexibility index (Phi) is 14.1. The maximum absolute atomic E-state index is 4.03. The normalized spacial score (nSPS) is 18.7. The van der Waals surface area contributed by atoms with Crippen LogP contribution in [-0.2, 0) is 34.6 Å². The zero-order valence-electron chi connectivity index (χ0n) is 22.9. The molecule has 3 rings (SSSR count). The smallest absolute Gasteiger partial charge is 0.358 e. The monoisotopic (exact) mass is 494 g/mol. The summed E-state index contributed by atoms with van der Waals surface area (Å²) in [5.74, 6) is 0. The molecule has 2 aromatic carbocycles. The van der Waals surface area contributed by atoms with Gasteiger partial charge in [-0.15, -0.1) is 6.92 Å². The van der Waals surface area contributed by atoms with Crippen LogP contribution >= 0.6 is 0 Å². The molecule has 0 spiro atoms. The van der Waals surface area contributed by atoms with Crippen molar-refractivity contribution in [2.45, 2.75) is 78.8 Å². The molecule has 0 heterocycles. The van der Waals surface area contributed by atoms with Crippen molar-refractivity contribution in [1.29, 1.82) is 0 Å². The Balaban J connectivity index is 0. The van der Waals surface area contributed by atoms with E-state index in [9.17, 15) is 0 Å². The number of hydrogen-bond donors (Lipinski definition) is 0. The number of allylic oxidation sites excluding steroid dienone is 4. The minimum atomic E-state index is -2.17. The van der Waals surface area contributed by atoms with E-state index in [1.54, 1.807) is 10.4 Å². The zero-order chi connectivity index (χ0) is 21.2. The molecule has 0 aromatic heterocycles. The molecule has 2 unspecified atom stereocenters. The van der Waals surface area contributed by atoms with E-state index in [0.29, 0.717) is 0 Å². The molecule has 0 fully saturated rings. The third kappa shape index (κ3) is 5.75. The van der Waals surface area contributed by atoms with Gasteiger partial charge in [-0.3, -0.25) is 6.08 Å². The summed E-state index contributed by atoms with van der Waals surface area (Å²) >= 11 is 0. The minimum Gasteiger partial charge on any atom is -0.358 e. The molecule has 0 bridgehead atoms. The Bertz CT molecular complexity index is 918. The molecule has 0 aliphatic heterocycles. The van der Waals surface area contributed by atoms with Gasteiger partial charge in [-0.2, -0.15) is 11.1 Å². The standard InChI is InChI=1S/C28H37Si.3CH3.Ti/c1-8-16-29(26-14-12-11-13-15-26,28(7)20-21(4)22(5)23(28)6)27-18-24(9-2)17-25(10-3)19-27;;;;/h11-15,17-19H,8-10,16H2,1-7H3;3*1H3;/q4*-1;+4. The van der Waals surface area contributed by atoms with Crippen LogP contribution in [0.3, 0.4) is 0 Å². The van der Waals surface area contributed by atoms with Gasteiger partial charge in [-0.05, 0) is 30.0 Å². The summed E-state index contributed by atoms with van der Waals surface area (Å²) in [7, 11) is -2.17. The van der Waals surface area contributed by atoms with E-state index >= 15 is 0 Å². The maximum atomic E-state index is 4.03. The van der Waals surface area contributed by atoms with Crippen molar-refractivity contribution < 1.29 is 21.7 Å². The molecule has 0 nitrogen and oxygen atoms in total. The molecule has 178 valence electrons. The zero-order valence-corrected chi connectivity index (χ0v) is 25.5. The van der Waals surface area contributed by atoms with E-state index in [2.05, 4.69) is 103 Å². The average molecular weight is 495 g/mol. The minimum absolute atomic E-state index is 0. The molecule has 0 N–H and O–H groups in total. The molecule has 0 amide bonds. The van der Waals surface area contributed by atoms with Crippen LogP contribution in [0.25, 0.3) is 0 Å². The van der Waals surface area contributed by atoms with E-state index < -0.39 is 8.07 Å². The fourth-order valence-corrected chi connectivity index (χ4v) is 11.6. The molecule has 2 heteroatoms. The van der Waals surface area contributed by atoms with Crippen LogP contribution in [0.2, 0.25) is 11.1 Å². The van der Waals surface area contributed by atoms with Gasteiger partial charge in [-0.1, -0.05) is 112 Å². The van der Waals surface area contributed by atoms with Crippen molar-refractivity contribution in [1.82, 2.24) is 0 Å². The summed E-state index contributed by atoms with van der Waals surface area (Å²) in [5, 5.41) is 3.13. The Morgan fingerprint density at radius 3 is 1.70 bits per heavy atom. The summed E-state index contributed by atoms with van der Waals surface area (Å²) in [5.41, 5.74) is 7.27. The van der Waals surface area contributed by atoms with Crippen molar-refractivity contribution in [3.63, 3.8) is 0 Å². The average Bonchev–Trinajstić information content (AvgIpc) is 2.95. The van der Waals surface area contributed by atoms with Crippen LogP contribution in [0.4, 0.5) is 0 Å². The third-order valence-electron chi connectivity index (χ3n) is 7.42. The largest absolute Gasteiger partial charge is 4.00 e. The molecular weight excluding hydrogens is 448 g/mol. The van der Waals surface area contributed by atoms with Crippen molar-refractivity contribution >= 4 is 18.4 Å². The van der Waals surface area contributed by atoms with E-state index in [1.165, 1.54) is 40.3 Å². The maximum Gasteiger partial charge on any atom is 4.00 e. The van der Waals surface area contributed by atoms with Crippen LogP contribution in [-0.4, -0.2) is 8.07 Å². The summed E-state index contributed by atoms with van der Waals surface area (Å²) in [6.07, 6.45) is 7.41. The van der Waals surface area contributed by atoms with Gasteiger partial charge in [-0.25, -0.2) is 5.57 Å². The SMILES string of the molecule is CCC[Si](c1ccccc1)(c1cc(CC)cc(CC)c1)C1(C)[C-]=C(C)C(C)=C1C.[CH3-].[CH3-].[CH3-].[Ti+4]. The summed E-state index contributed by atoms with van der Waals surface area (Å²) in [6.45, 7) is 16.3. The Morgan fingerprint density at radius 2 is 1.30 bits per heavy atom. The number of hydrogen-bond acceptors (Lipinski definition) is 0. The van der Waals surface area contributed by atoms with Crippen LogP contribution in [0.5, 0.6) is 0 Å². The van der Waals surface area contributed by atoms with Gasteiger partial charge < -0.3 is 22.3 Å². The van der Waals surface area contributed by atoms with Crippen molar-refractivity contribution in [2.24, 2.45) is 0 Å². The Labute approximate surface area is 222 Å². The molecule has 1 aliphatic carbocycles. The van der Waals surface area contributed by atoms with Crippen LogP contribution in [0, 0.1) is 28.4 Å². The summed E-state index contributed by atoms with van der Waals surface area (Å²) < 4.78 is 0. The third-order valence-corrected chi connectivity index (χ3v) is 13.5.